The van der Waals surface area contributed by atoms with Gasteiger partial charge in [0.25, 0.3) is 10.0 Å². The number of carbonyl (C=O) groups excluding carboxylic acids is 1. The molecule has 27 heavy (non-hydrogen) atoms. The number of hydrogen-bond donors (Lipinski definition) is 1. The highest BCUT2D eigenvalue weighted by Crippen LogP contribution is 2.32. The van der Waals surface area contributed by atoms with E-state index in [2.05, 4.69) is 0 Å². The Hall–Kier alpha value is -3.01. The van der Waals surface area contributed by atoms with E-state index in [0.717, 1.165) is 3.97 Å². The number of carbonyl (C=O) groups is 2. The highest BCUT2D eigenvalue weighted by Gasteiger charge is 2.32. The van der Waals surface area contributed by atoms with Crippen LogP contribution in [0, 0.1) is 0 Å². The molecule has 0 unspecified atom stereocenters. The molecule has 0 spiro atoms. The van der Waals surface area contributed by atoms with Gasteiger partial charge >= 0.3 is 6.16 Å². The van der Waals surface area contributed by atoms with Gasteiger partial charge in [0, 0.05) is 19.5 Å². The predicted molar refractivity (Wildman–Crippen MR) is 93.5 cm³/mol. The third-order valence-electron chi connectivity index (χ3n) is 4.34. The number of rotatable bonds is 4. The smallest absolute Gasteiger partial charge is 0.497 e. The average molecular weight is 394 g/mol. The highest BCUT2D eigenvalue weighted by molar-refractivity contribution is 7.90. The molecule has 1 aliphatic rings. The normalized spacial score (nSPS) is 13.8. The largest absolute Gasteiger partial charge is 0.512 e. The van der Waals surface area contributed by atoms with Gasteiger partial charge in [-0.1, -0.05) is 0 Å². The second kappa shape index (κ2) is 6.95. The zero-order valence-corrected chi connectivity index (χ0v) is 15.5. The minimum absolute atomic E-state index is 0.0447. The zero-order chi connectivity index (χ0) is 19.8. The van der Waals surface area contributed by atoms with Gasteiger partial charge in [-0.3, -0.25) is 4.79 Å². The molecule has 1 aromatic carbocycles. The van der Waals surface area contributed by atoms with Crippen LogP contribution in [-0.2, 0) is 27.8 Å². The van der Waals surface area contributed by atoms with Gasteiger partial charge in [-0.05, 0) is 36.2 Å². The Balaban J connectivity index is 2.15. The molecule has 1 amide bonds. The fourth-order valence-corrected chi connectivity index (χ4v) is 4.48. The first-order valence-electron chi connectivity index (χ1n) is 8.03. The second-order valence-electron chi connectivity index (χ2n) is 5.96. The Bertz CT molecular complexity index is 993. The van der Waals surface area contributed by atoms with Crippen molar-refractivity contribution in [1.29, 1.82) is 0 Å². The minimum atomic E-state index is -4.15. The van der Waals surface area contributed by atoms with Crippen LogP contribution < -0.4 is 9.47 Å². The summed E-state index contributed by atoms with van der Waals surface area (Å²) >= 11 is 0. The Labute approximate surface area is 155 Å². The Morgan fingerprint density at radius 3 is 2.41 bits per heavy atom. The Morgan fingerprint density at radius 2 is 1.85 bits per heavy atom. The third kappa shape index (κ3) is 3.47. The van der Waals surface area contributed by atoms with Gasteiger partial charge in [-0.15, -0.1) is 0 Å². The maximum Gasteiger partial charge on any atom is 0.512 e. The van der Waals surface area contributed by atoms with E-state index in [1.807, 2.05) is 0 Å². The molecule has 0 saturated carbocycles. The predicted octanol–water partition coefficient (Wildman–Crippen LogP) is 1.70. The number of aromatic nitrogens is 1. The number of fused-ring (bicyclic) bond motifs is 1. The molecule has 0 aliphatic carbocycles. The van der Waals surface area contributed by atoms with E-state index in [-0.39, 0.29) is 23.2 Å². The lowest BCUT2D eigenvalue weighted by Crippen LogP contribution is -2.35. The highest BCUT2D eigenvalue weighted by atomic mass is 32.2. The molecule has 144 valence electrons. The van der Waals surface area contributed by atoms with Crippen LogP contribution in [0.1, 0.15) is 18.2 Å². The molecule has 2 aromatic rings. The van der Waals surface area contributed by atoms with Crippen molar-refractivity contribution < 1.29 is 32.6 Å². The van der Waals surface area contributed by atoms with E-state index < -0.39 is 16.2 Å². The first-order valence-corrected chi connectivity index (χ1v) is 9.47. The monoisotopic (exact) mass is 394 g/mol. The van der Waals surface area contributed by atoms with Crippen LogP contribution in [0.25, 0.3) is 0 Å². The quantitative estimate of drug-likeness (QED) is 0.785. The second-order valence-corrected chi connectivity index (χ2v) is 7.74. The fourth-order valence-electron chi connectivity index (χ4n) is 3.00. The van der Waals surface area contributed by atoms with Gasteiger partial charge in [0.1, 0.15) is 5.75 Å². The summed E-state index contributed by atoms with van der Waals surface area (Å²) in [5, 5.41) is 8.99. The van der Waals surface area contributed by atoms with E-state index in [0.29, 0.717) is 30.0 Å². The molecule has 0 fully saturated rings. The molecule has 2 heterocycles. The molecule has 0 radical (unpaired) electrons. The van der Waals surface area contributed by atoms with Crippen molar-refractivity contribution >= 4 is 22.1 Å². The van der Waals surface area contributed by atoms with Gasteiger partial charge in [-0.25, -0.2) is 17.2 Å². The Morgan fingerprint density at radius 1 is 1.19 bits per heavy atom. The molecule has 0 saturated heterocycles. The van der Waals surface area contributed by atoms with Crippen molar-refractivity contribution in [3.05, 3.63) is 41.6 Å². The van der Waals surface area contributed by atoms with Crippen LogP contribution in [0.3, 0.4) is 0 Å². The van der Waals surface area contributed by atoms with E-state index in [9.17, 15) is 18.0 Å². The maximum atomic E-state index is 13.2. The summed E-state index contributed by atoms with van der Waals surface area (Å²) in [6.07, 6.45) is -1.23. The van der Waals surface area contributed by atoms with E-state index in [4.69, 9.17) is 14.6 Å². The molecular formula is C17H18N2O7S. The third-order valence-corrected chi connectivity index (χ3v) is 6.09. The van der Waals surface area contributed by atoms with Crippen LogP contribution in [0.4, 0.5) is 4.79 Å². The SMILES string of the molecule is COc1ccc(S(=O)(=O)n2c(OC(=O)O)cc3c2CN(C(C)=O)CC3)cc1. The van der Waals surface area contributed by atoms with Crippen LogP contribution in [0.2, 0.25) is 0 Å². The number of carboxylic acid groups (broad SMARTS) is 1. The summed E-state index contributed by atoms with van der Waals surface area (Å²) in [5.74, 6) is -0.0436. The average Bonchev–Trinajstić information content (AvgIpc) is 2.98. The molecule has 1 aliphatic heterocycles. The first kappa shape index (κ1) is 18.8. The zero-order valence-electron chi connectivity index (χ0n) is 14.7. The molecule has 9 nitrogen and oxygen atoms in total. The van der Waals surface area contributed by atoms with Gasteiger partial charge in [0.05, 0.1) is 24.2 Å². The molecule has 0 bridgehead atoms. The molecule has 1 aromatic heterocycles. The van der Waals surface area contributed by atoms with Crippen LogP contribution >= 0.6 is 0 Å². The van der Waals surface area contributed by atoms with Crippen molar-refractivity contribution in [2.75, 3.05) is 13.7 Å². The molecule has 3 rings (SSSR count). The summed E-state index contributed by atoms with van der Waals surface area (Å²) < 4.78 is 37.0. The molecule has 0 atom stereocenters. The van der Waals surface area contributed by atoms with Crippen molar-refractivity contribution in [2.24, 2.45) is 0 Å². The summed E-state index contributed by atoms with van der Waals surface area (Å²) in [6.45, 7) is 1.86. The van der Waals surface area contributed by atoms with Crippen LogP contribution in [0.5, 0.6) is 11.6 Å². The van der Waals surface area contributed by atoms with Crippen molar-refractivity contribution in [2.45, 2.75) is 24.8 Å². The maximum absolute atomic E-state index is 13.2. The standard InChI is InChI=1S/C17H18N2O7S/c1-11(20)18-8-7-12-9-16(26-17(21)22)19(15(12)10-18)27(23,24)14-5-3-13(25-2)4-6-14/h3-6,9H,7-8,10H2,1-2H3,(H,21,22). The van der Waals surface area contributed by atoms with Crippen molar-refractivity contribution in [3.8, 4) is 11.6 Å². The molecule has 1 N–H and O–H groups in total. The van der Waals surface area contributed by atoms with Gasteiger partial charge in [0.2, 0.25) is 11.8 Å². The number of amides is 1. The van der Waals surface area contributed by atoms with Crippen LogP contribution in [-0.4, -0.2) is 48.1 Å². The number of ether oxygens (including phenoxy) is 2. The number of hydrogen-bond acceptors (Lipinski definition) is 6. The lowest BCUT2D eigenvalue weighted by molar-refractivity contribution is -0.129. The fraction of sp³-hybridized carbons (Fsp3) is 0.294. The Kier molecular flexibility index (Phi) is 4.83. The van der Waals surface area contributed by atoms with Gasteiger partial charge < -0.3 is 19.5 Å². The lowest BCUT2D eigenvalue weighted by atomic mass is 10.1. The summed E-state index contributed by atoms with van der Waals surface area (Å²) in [7, 11) is -2.69. The number of benzene rings is 1. The lowest BCUT2D eigenvalue weighted by Gasteiger charge is -2.27. The number of nitrogens with zero attached hydrogens (tertiary/aromatic N) is 2. The number of methoxy groups -OCH3 is 1. The molecular weight excluding hydrogens is 376 g/mol. The minimum Gasteiger partial charge on any atom is -0.497 e. The van der Waals surface area contributed by atoms with E-state index >= 15 is 0 Å². The van der Waals surface area contributed by atoms with Gasteiger partial charge in [0.15, 0.2) is 0 Å². The summed E-state index contributed by atoms with van der Waals surface area (Å²) in [6, 6.07) is 7.08. The van der Waals surface area contributed by atoms with Crippen molar-refractivity contribution in [3.63, 3.8) is 0 Å². The first-order chi connectivity index (χ1) is 12.7. The molecule has 10 heteroatoms. The van der Waals surface area contributed by atoms with Crippen LogP contribution in [0.15, 0.2) is 35.2 Å². The summed E-state index contributed by atoms with van der Waals surface area (Å²) in [4.78, 5) is 24.2. The van der Waals surface area contributed by atoms with E-state index in [1.165, 1.54) is 49.3 Å². The van der Waals surface area contributed by atoms with Gasteiger partial charge in [-0.2, -0.15) is 0 Å². The van der Waals surface area contributed by atoms with E-state index in [1.54, 1.807) is 0 Å². The van der Waals surface area contributed by atoms with Crippen molar-refractivity contribution in [1.82, 2.24) is 8.87 Å². The summed E-state index contributed by atoms with van der Waals surface area (Å²) in [5.41, 5.74) is 0.935. The topological polar surface area (TPSA) is 115 Å².